The minimum atomic E-state index is 0.275. The standard InChI is InChI=1S/C16H19NO/c1-12-6-4-5-7-16(12)17-13(2)14-8-10-15(18-3)11-9-14/h4-11,13,17H,1-3H3. The molecule has 2 aromatic rings. The number of rotatable bonds is 4. The van der Waals surface area contributed by atoms with Crippen LogP contribution in [0.1, 0.15) is 24.1 Å². The number of hydrogen-bond acceptors (Lipinski definition) is 2. The normalized spacial score (nSPS) is 11.9. The summed E-state index contributed by atoms with van der Waals surface area (Å²) in [4.78, 5) is 0. The van der Waals surface area contributed by atoms with Crippen LogP contribution in [0.3, 0.4) is 0 Å². The van der Waals surface area contributed by atoms with E-state index in [1.54, 1.807) is 7.11 Å². The average Bonchev–Trinajstić information content (AvgIpc) is 2.41. The molecule has 1 N–H and O–H groups in total. The highest BCUT2D eigenvalue weighted by molar-refractivity contribution is 5.51. The Morgan fingerprint density at radius 2 is 1.67 bits per heavy atom. The molecule has 18 heavy (non-hydrogen) atoms. The summed E-state index contributed by atoms with van der Waals surface area (Å²) in [5.74, 6) is 0.891. The second-order valence-electron chi connectivity index (χ2n) is 4.45. The van der Waals surface area contributed by atoms with Crippen molar-refractivity contribution in [3.63, 3.8) is 0 Å². The maximum atomic E-state index is 5.17. The molecule has 0 saturated heterocycles. The Hall–Kier alpha value is -1.96. The second-order valence-corrected chi connectivity index (χ2v) is 4.45. The molecule has 0 aromatic heterocycles. The molecule has 0 saturated carbocycles. The van der Waals surface area contributed by atoms with E-state index >= 15 is 0 Å². The second kappa shape index (κ2) is 5.58. The minimum Gasteiger partial charge on any atom is -0.497 e. The zero-order valence-corrected chi connectivity index (χ0v) is 11.1. The van der Waals surface area contributed by atoms with Crippen molar-refractivity contribution in [1.82, 2.24) is 0 Å². The van der Waals surface area contributed by atoms with E-state index in [1.165, 1.54) is 16.8 Å². The summed E-state index contributed by atoms with van der Waals surface area (Å²) in [6.45, 7) is 4.28. The summed E-state index contributed by atoms with van der Waals surface area (Å²) in [6, 6.07) is 16.8. The molecule has 0 spiro atoms. The number of nitrogens with one attached hydrogen (secondary N) is 1. The van der Waals surface area contributed by atoms with Crippen LogP contribution >= 0.6 is 0 Å². The molecular formula is C16H19NO. The first kappa shape index (κ1) is 12.5. The van der Waals surface area contributed by atoms with Crippen molar-refractivity contribution in [1.29, 1.82) is 0 Å². The third kappa shape index (κ3) is 2.83. The first-order chi connectivity index (χ1) is 8.70. The largest absolute Gasteiger partial charge is 0.497 e. The van der Waals surface area contributed by atoms with Crippen LogP contribution in [0.25, 0.3) is 0 Å². The van der Waals surface area contributed by atoms with Crippen molar-refractivity contribution in [3.05, 3.63) is 59.7 Å². The highest BCUT2D eigenvalue weighted by atomic mass is 16.5. The van der Waals surface area contributed by atoms with Gasteiger partial charge in [-0.15, -0.1) is 0 Å². The van der Waals surface area contributed by atoms with Gasteiger partial charge in [0, 0.05) is 11.7 Å². The molecule has 2 aromatic carbocycles. The number of anilines is 1. The monoisotopic (exact) mass is 241 g/mol. The Morgan fingerprint density at radius 1 is 1.00 bits per heavy atom. The highest BCUT2D eigenvalue weighted by Gasteiger charge is 2.06. The van der Waals surface area contributed by atoms with Crippen LogP contribution in [0.2, 0.25) is 0 Å². The number of aryl methyl sites for hydroxylation is 1. The smallest absolute Gasteiger partial charge is 0.118 e. The third-order valence-electron chi connectivity index (χ3n) is 3.13. The molecule has 0 aliphatic heterocycles. The molecule has 0 heterocycles. The van der Waals surface area contributed by atoms with Gasteiger partial charge in [-0.1, -0.05) is 30.3 Å². The van der Waals surface area contributed by atoms with E-state index in [9.17, 15) is 0 Å². The van der Waals surface area contributed by atoms with E-state index in [-0.39, 0.29) is 6.04 Å². The van der Waals surface area contributed by atoms with Crippen molar-refractivity contribution < 1.29 is 4.74 Å². The van der Waals surface area contributed by atoms with Crippen LogP contribution in [-0.4, -0.2) is 7.11 Å². The van der Waals surface area contributed by atoms with Crippen LogP contribution in [0, 0.1) is 6.92 Å². The lowest BCUT2D eigenvalue weighted by Crippen LogP contribution is -2.07. The summed E-state index contributed by atoms with van der Waals surface area (Å²) in [7, 11) is 1.68. The van der Waals surface area contributed by atoms with Gasteiger partial charge in [-0.25, -0.2) is 0 Å². The van der Waals surface area contributed by atoms with Crippen molar-refractivity contribution >= 4 is 5.69 Å². The maximum Gasteiger partial charge on any atom is 0.118 e. The van der Waals surface area contributed by atoms with E-state index in [4.69, 9.17) is 4.74 Å². The van der Waals surface area contributed by atoms with Gasteiger partial charge in [-0.2, -0.15) is 0 Å². The SMILES string of the molecule is COc1ccc(C(C)Nc2ccccc2C)cc1. The Labute approximate surface area is 109 Å². The molecule has 2 rings (SSSR count). The average molecular weight is 241 g/mol. The zero-order chi connectivity index (χ0) is 13.0. The predicted octanol–water partition coefficient (Wildman–Crippen LogP) is 4.18. The van der Waals surface area contributed by atoms with E-state index in [0.717, 1.165) is 5.75 Å². The van der Waals surface area contributed by atoms with Crippen molar-refractivity contribution in [2.45, 2.75) is 19.9 Å². The molecule has 0 aliphatic carbocycles. The van der Waals surface area contributed by atoms with E-state index < -0.39 is 0 Å². The van der Waals surface area contributed by atoms with Gasteiger partial charge in [0.15, 0.2) is 0 Å². The lowest BCUT2D eigenvalue weighted by atomic mass is 10.1. The van der Waals surface area contributed by atoms with Crippen LogP contribution in [0.5, 0.6) is 5.75 Å². The predicted molar refractivity (Wildman–Crippen MR) is 76.2 cm³/mol. The summed E-state index contributed by atoms with van der Waals surface area (Å²) in [5, 5.41) is 3.52. The molecule has 0 bridgehead atoms. The van der Waals surface area contributed by atoms with Crippen molar-refractivity contribution in [3.8, 4) is 5.75 Å². The third-order valence-corrected chi connectivity index (χ3v) is 3.13. The fourth-order valence-electron chi connectivity index (χ4n) is 1.94. The Kier molecular flexibility index (Phi) is 3.88. The van der Waals surface area contributed by atoms with E-state index in [2.05, 4.69) is 55.6 Å². The lowest BCUT2D eigenvalue weighted by molar-refractivity contribution is 0.414. The number of hydrogen-bond donors (Lipinski definition) is 1. The molecule has 0 radical (unpaired) electrons. The van der Waals surface area contributed by atoms with Crippen LogP contribution in [0.4, 0.5) is 5.69 Å². The first-order valence-electron chi connectivity index (χ1n) is 6.17. The molecular weight excluding hydrogens is 222 g/mol. The number of benzene rings is 2. The van der Waals surface area contributed by atoms with Gasteiger partial charge in [0.05, 0.1) is 7.11 Å². The van der Waals surface area contributed by atoms with E-state index in [1.807, 2.05) is 12.1 Å². The molecule has 94 valence electrons. The molecule has 0 fully saturated rings. The molecule has 2 heteroatoms. The topological polar surface area (TPSA) is 21.3 Å². The Morgan fingerprint density at radius 3 is 2.28 bits per heavy atom. The quantitative estimate of drug-likeness (QED) is 0.867. The van der Waals surface area contributed by atoms with Gasteiger partial charge >= 0.3 is 0 Å². The van der Waals surface area contributed by atoms with Crippen LogP contribution < -0.4 is 10.1 Å². The minimum absolute atomic E-state index is 0.275. The van der Waals surface area contributed by atoms with Gasteiger partial charge in [0.25, 0.3) is 0 Å². The maximum absolute atomic E-state index is 5.17. The first-order valence-corrected chi connectivity index (χ1v) is 6.17. The highest BCUT2D eigenvalue weighted by Crippen LogP contribution is 2.23. The van der Waals surface area contributed by atoms with E-state index in [0.29, 0.717) is 0 Å². The van der Waals surface area contributed by atoms with Gasteiger partial charge in [0.1, 0.15) is 5.75 Å². The molecule has 2 nitrogen and oxygen atoms in total. The Balaban J connectivity index is 2.11. The summed E-state index contributed by atoms with van der Waals surface area (Å²) in [5.41, 5.74) is 3.69. The summed E-state index contributed by atoms with van der Waals surface area (Å²) >= 11 is 0. The van der Waals surface area contributed by atoms with Crippen LogP contribution in [0.15, 0.2) is 48.5 Å². The van der Waals surface area contributed by atoms with Crippen molar-refractivity contribution in [2.75, 3.05) is 12.4 Å². The summed E-state index contributed by atoms with van der Waals surface area (Å²) < 4.78 is 5.17. The summed E-state index contributed by atoms with van der Waals surface area (Å²) in [6.07, 6.45) is 0. The zero-order valence-electron chi connectivity index (χ0n) is 11.1. The number of para-hydroxylation sites is 1. The molecule has 0 aliphatic rings. The molecule has 0 amide bonds. The Bertz CT molecular complexity index is 505. The fourth-order valence-corrected chi connectivity index (χ4v) is 1.94. The number of ether oxygens (including phenoxy) is 1. The molecule has 1 atom stereocenters. The van der Waals surface area contributed by atoms with Gasteiger partial charge in [0.2, 0.25) is 0 Å². The number of methoxy groups -OCH3 is 1. The van der Waals surface area contributed by atoms with Gasteiger partial charge < -0.3 is 10.1 Å². The van der Waals surface area contributed by atoms with Gasteiger partial charge in [-0.3, -0.25) is 0 Å². The molecule has 1 unspecified atom stereocenters. The lowest BCUT2D eigenvalue weighted by Gasteiger charge is -2.17. The van der Waals surface area contributed by atoms with Crippen LogP contribution in [-0.2, 0) is 0 Å². The van der Waals surface area contributed by atoms with Crippen molar-refractivity contribution in [2.24, 2.45) is 0 Å². The fraction of sp³-hybridized carbons (Fsp3) is 0.250. The van der Waals surface area contributed by atoms with Gasteiger partial charge in [-0.05, 0) is 43.2 Å².